The summed E-state index contributed by atoms with van der Waals surface area (Å²) in [5, 5.41) is 18.8. The van der Waals surface area contributed by atoms with E-state index in [1.807, 2.05) is 0 Å². The summed E-state index contributed by atoms with van der Waals surface area (Å²) in [5.41, 5.74) is 24.5. The maximum absolute atomic E-state index is 5.67. The van der Waals surface area contributed by atoms with Gasteiger partial charge < -0.3 is 8.80 Å². The molecule has 24 aromatic rings. The van der Waals surface area contributed by atoms with Gasteiger partial charge in [0.15, 0.2) is 11.6 Å². The lowest BCUT2D eigenvalue weighted by molar-refractivity contribution is 1.08. The fourth-order valence-electron chi connectivity index (χ4n) is 18.0. The van der Waals surface area contributed by atoms with E-state index in [4.69, 9.17) is 19.9 Å². The standard InChI is InChI=1S/C98H56N8/c1-3-19-57(20-4-1)66-45-48-69-76-55-87-89(91-74-28-12-16-32-81(74)103(93(76)91)85(69)53-66)73-27-11-18-34-83(73)105(87)97-71-25-9-14-30-79(71)99-95(101-97)63-42-39-61(40-43-63)60-35-37-62(38-36-60)65-47-50-84-78(52-65)90-88(106(84)98-72-26-10-15-31-80(72)100-96(102-98)68-44-41-59-23-7-8-24-64(59)51-68)56-77-70-49-46-67(58-21-5-2-6-22-58)54-86(70)104-82-33-17-13-29-75(82)92(90)94(77)104/h1-56H. The van der Waals surface area contributed by atoms with E-state index in [2.05, 4.69) is 358 Å². The predicted molar refractivity (Wildman–Crippen MR) is 441 cm³/mol. The van der Waals surface area contributed by atoms with Gasteiger partial charge in [-0.1, -0.05) is 255 Å². The second-order valence-electron chi connectivity index (χ2n) is 28.4. The molecular weight excluding hydrogens is 1290 g/mol. The van der Waals surface area contributed by atoms with E-state index in [9.17, 15) is 0 Å². The van der Waals surface area contributed by atoms with E-state index in [1.165, 1.54) is 120 Å². The molecule has 0 atom stereocenters. The fraction of sp³-hybridized carbons (Fsp3) is 0. The lowest BCUT2D eigenvalue weighted by Gasteiger charge is -2.13. The molecule has 0 aliphatic heterocycles. The Kier molecular flexibility index (Phi) is 11.7. The topological polar surface area (TPSA) is 70.2 Å². The first-order valence-corrected chi connectivity index (χ1v) is 36.3. The Morgan fingerprint density at radius 2 is 0.557 bits per heavy atom. The van der Waals surface area contributed by atoms with Crippen LogP contribution < -0.4 is 0 Å². The third-order valence-electron chi connectivity index (χ3n) is 22.8. The van der Waals surface area contributed by atoms with Crippen LogP contribution in [0.4, 0.5) is 0 Å². The Morgan fingerprint density at radius 1 is 0.179 bits per heavy atom. The molecule has 0 amide bonds. The van der Waals surface area contributed by atoms with Crippen LogP contribution in [-0.2, 0) is 0 Å². The molecule has 16 aromatic carbocycles. The molecule has 8 nitrogen and oxygen atoms in total. The molecule has 24 rings (SSSR count). The number of hydrogen-bond donors (Lipinski definition) is 0. The highest BCUT2D eigenvalue weighted by Gasteiger charge is 2.29. The molecule has 0 spiro atoms. The quantitative estimate of drug-likeness (QED) is 0.152. The molecule has 0 N–H and O–H groups in total. The van der Waals surface area contributed by atoms with Crippen molar-refractivity contribution in [2.45, 2.75) is 0 Å². The molecule has 0 aliphatic rings. The van der Waals surface area contributed by atoms with Crippen molar-refractivity contribution in [3.05, 3.63) is 340 Å². The lowest BCUT2D eigenvalue weighted by Crippen LogP contribution is -2.02. The van der Waals surface area contributed by atoms with Crippen LogP contribution in [0.2, 0.25) is 0 Å². The Labute approximate surface area is 605 Å². The largest absolute Gasteiger partial charge is 0.308 e. The summed E-state index contributed by atoms with van der Waals surface area (Å²) in [6, 6.07) is 124. The monoisotopic (exact) mass is 1340 g/mol. The van der Waals surface area contributed by atoms with Crippen LogP contribution >= 0.6 is 0 Å². The SMILES string of the molecule is c1ccc(-c2ccc3c4cc5c(c6ccccc6n5-c5nc(-c6ccc(-c7ccc(-c8ccc9c(c8)c8c%10c%11ccccc%11n%11c%12cc(-c%13ccccc%13)ccc%12c(cc8n9-c8nc(-c9ccc%12ccccc%12c9)nc9ccccc89)c%10%11)cc7)cc6)nc6ccccc56)c5c6ccccc6n(c3c2)c45)cc1. The molecule has 8 heteroatoms. The van der Waals surface area contributed by atoms with Gasteiger partial charge in [0.2, 0.25) is 0 Å². The molecule has 0 fully saturated rings. The molecular formula is C98H56N8. The van der Waals surface area contributed by atoms with Crippen LogP contribution in [-0.4, -0.2) is 37.9 Å². The zero-order valence-corrected chi connectivity index (χ0v) is 56.9. The van der Waals surface area contributed by atoms with Crippen molar-refractivity contribution < 1.29 is 0 Å². The summed E-state index contributed by atoms with van der Waals surface area (Å²) in [4.78, 5) is 22.0. The number of nitrogens with zero attached hydrogens (tertiary/aromatic N) is 8. The molecule has 0 saturated heterocycles. The maximum atomic E-state index is 5.67. The van der Waals surface area contributed by atoms with Crippen molar-refractivity contribution in [3.63, 3.8) is 0 Å². The van der Waals surface area contributed by atoms with Crippen molar-refractivity contribution in [3.8, 4) is 78.9 Å². The maximum Gasteiger partial charge on any atom is 0.162 e. The molecule has 0 unspecified atom stereocenters. The van der Waals surface area contributed by atoms with E-state index in [-0.39, 0.29) is 0 Å². The minimum absolute atomic E-state index is 0.666. The molecule has 0 aliphatic carbocycles. The van der Waals surface area contributed by atoms with Gasteiger partial charge in [0.05, 0.1) is 66.2 Å². The fourth-order valence-corrected chi connectivity index (χ4v) is 18.0. The summed E-state index contributed by atoms with van der Waals surface area (Å²) >= 11 is 0. The zero-order valence-electron chi connectivity index (χ0n) is 56.9. The van der Waals surface area contributed by atoms with Crippen LogP contribution in [0, 0.1) is 0 Å². The van der Waals surface area contributed by atoms with Crippen molar-refractivity contribution >= 4 is 152 Å². The van der Waals surface area contributed by atoms with Crippen LogP contribution in [0.25, 0.3) is 231 Å². The first-order valence-electron chi connectivity index (χ1n) is 36.3. The Bertz CT molecular complexity index is 7860. The van der Waals surface area contributed by atoms with E-state index < -0.39 is 0 Å². The van der Waals surface area contributed by atoms with Crippen LogP contribution in [0.5, 0.6) is 0 Å². The van der Waals surface area contributed by atoms with Crippen LogP contribution in [0.3, 0.4) is 0 Å². The van der Waals surface area contributed by atoms with E-state index >= 15 is 0 Å². The molecule has 488 valence electrons. The van der Waals surface area contributed by atoms with E-state index in [0.717, 1.165) is 99.7 Å². The third kappa shape index (κ3) is 8.06. The zero-order chi connectivity index (χ0) is 69.0. The normalized spacial score (nSPS) is 12.3. The smallest absolute Gasteiger partial charge is 0.162 e. The summed E-state index contributed by atoms with van der Waals surface area (Å²) in [6.07, 6.45) is 0. The van der Waals surface area contributed by atoms with Crippen LogP contribution in [0.1, 0.15) is 0 Å². The van der Waals surface area contributed by atoms with Gasteiger partial charge in [-0.25, -0.2) is 19.9 Å². The second kappa shape index (κ2) is 21.6. The predicted octanol–water partition coefficient (Wildman–Crippen LogP) is 25.2. The number of fused-ring (bicyclic) bond motifs is 23. The number of rotatable bonds is 8. The Morgan fingerprint density at radius 3 is 1.10 bits per heavy atom. The van der Waals surface area contributed by atoms with Crippen molar-refractivity contribution in [2.75, 3.05) is 0 Å². The number of aromatic nitrogens is 8. The van der Waals surface area contributed by atoms with Gasteiger partial charge in [-0.05, 0) is 140 Å². The minimum atomic E-state index is 0.666. The number of hydrogen-bond acceptors (Lipinski definition) is 4. The van der Waals surface area contributed by atoms with E-state index in [1.54, 1.807) is 0 Å². The molecule has 106 heavy (non-hydrogen) atoms. The molecule has 8 aromatic heterocycles. The highest BCUT2D eigenvalue weighted by atomic mass is 15.1. The first kappa shape index (κ1) is 57.3. The second-order valence-corrected chi connectivity index (χ2v) is 28.4. The van der Waals surface area contributed by atoms with E-state index in [0.29, 0.717) is 11.6 Å². The van der Waals surface area contributed by atoms with Crippen LogP contribution in [0.15, 0.2) is 340 Å². The average molecular weight is 1350 g/mol. The summed E-state index contributed by atoms with van der Waals surface area (Å²) in [5.74, 6) is 3.03. The van der Waals surface area contributed by atoms with Gasteiger partial charge in [-0.15, -0.1) is 0 Å². The first-order chi connectivity index (χ1) is 52.6. The number of para-hydroxylation sites is 5. The van der Waals surface area contributed by atoms with Gasteiger partial charge in [-0.2, -0.15) is 0 Å². The third-order valence-corrected chi connectivity index (χ3v) is 22.8. The Balaban J connectivity index is 0.646. The summed E-state index contributed by atoms with van der Waals surface area (Å²) in [7, 11) is 0. The van der Waals surface area contributed by atoms with Gasteiger partial charge in [-0.3, -0.25) is 9.13 Å². The van der Waals surface area contributed by atoms with Gasteiger partial charge >= 0.3 is 0 Å². The number of benzene rings is 16. The van der Waals surface area contributed by atoms with Crippen molar-refractivity contribution in [1.82, 2.24) is 37.9 Å². The highest BCUT2D eigenvalue weighted by molar-refractivity contribution is 6.38. The average Bonchev–Trinajstić information content (AvgIpc) is 1.52. The van der Waals surface area contributed by atoms with Crippen molar-refractivity contribution in [1.29, 1.82) is 0 Å². The van der Waals surface area contributed by atoms with Crippen molar-refractivity contribution in [2.24, 2.45) is 0 Å². The van der Waals surface area contributed by atoms with Gasteiger partial charge in [0.1, 0.15) is 11.6 Å². The molecule has 8 heterocycles. The molecule has 0 bridgehead atoms. The minimum Gasteiger partial charge on any atom is -0.308 e. The summed E-state index contributed by atoms with van der Waals surface area (Å²) in [6.45, 7) is 0. The molecule has 0 radical (unpaired) electrons. The molecule has 0 saturated carbocycles. The highest BCUT2D eigenvalue weighted by Crippen LogP contribution is 2.51. The van der Waals surface area contributed by atoms with Gasteiger partial charge in [0.25, 0.3) is 0 Å². The Hall–Kier alpha value is -14.3. The lowest BCUT2D eigenvalue weighted by atomic mass is 9.97. The summed E-state index contributed by atoms with van der Waals surface area (Å²) < 4.78 is 9.84. The van der Waals surface area contributed by atoms with Gasteiger partial charge in [0, 0.05) is 86.5 Å².